The van der Waals surface area contributed by atoms with Gasteiger partial charge in [0.1, 0.15) is 0 Å². The van der Waals surface area contributed by atoms with Crippen LogP contribution in [0.1, 0.15) is 15.9 Å². The van der Waals surface area contributed by atoms with Crippen molar-refractivity contribution in [1.82, 2.24) is 9.78 Å². The van der Waals surface area contributed by atoms with E-state index in [0.717, 1.165) is 5.56 Å². The molecule has 1 aromatic heterocycles. The normalized spacial score (nSPS) is 13.1. The van der Waals surface area contributed by atoms with Crippen molar-refractivity contribution < 1.29 is 14.3 Å². The van der Waals surface area contributed by atoms with Crippen molar-refractivity contribution in [2.24, 2.45) is 7.05 Å². The maximum atomic E-state index is 12.0. The molecule has 0 radical (unpaired) electrons. The van der Waals surface area contributed by atoms with E-state index in [2.05, 4.69) is 5.10 Å². The standard InChI is InChI=1S/C14H12N2O3/c1-16-8-10(7-15-16)2-4-12(17)11-3-5-13-14(6-11)19-9-18-13/h2-8H,9H2,1H3/b4-2+. The molecular weight excluding hydrogens is 244 g/mol. The van der Waals surface area contributed by atoms with Gasteiger partial charge in [-0.2, -0.15) is 5.10 Å². The third kappa shape index (κ3) is 2.35. The van der Waals surface area contributed by atoms with Crippen LogP contribution in [-0.2, 0) is 7.05 Å². The summed E-state index contributed by atoms with van der Waals surface area (Å²) in [6.45, 7) is 0.207. The number of nitrogens with zero attached hydrogens (tertiary/aromatic N) is 2. The molecule has 1 aromatic carbocycles. The van der Waals surface area contributed by atoms with Gasteiger partial charge < -0.3 is 9.47 Å². The minimum absolute atomic E-state index is 0.0813. The maximum absolute atomic E-state index is 12.0. The molecule has 2 aromatic rings. The number of ketones is 1. The lowest BCUT2D eigenvalue weighted by Crippen LogP contribution is -1.94. The first kappa shape index (κ1) is 11.5. The van der Waals surface area contributed by atoms with E-state index < -0.39 is 0 Å². The first-order valence-electron chi connectivity index (χ1n) is 5.83. The fourth-order valence-electron chi connectivity index (χ4n) is 1.84. The molecule has 0 aliphatic carbocycles. The number of fused-ring (bicyclic) bond motifs is 1. The second-order valence-electron chi connectivity index (χ2n) is 4.21. The van der Waals surface area contributed by atoms with E-state index in [1.165, 1.54) is 6.08 Å². The third-order valence-electron chi connectivity index (χ3n) is 2.81. The summed E-state index contributed by atoms with van der Waals surface area (Å²) in [6.07, 6.45) is 6.79. The Morgan fingerprint density at radius 1 is 1.37 bits per heavy atom. The van der Waals surface area contributed by atoms with Crippen LogP contribution >= 0.6 is 0 Å². The maximum Gasteiger partial charge on any atom is 0.231 e. The van der Waals surface area contributed by atoms with Crippen molar-refractivity contribution in [3.63, 3.8) is 0 Å². The molecule has 0 saturated heterocycles. The Bertz CT molecular complexity index is 658. The zero-order chi connectivity index (χ0) is 13.2. The summed E-state index contributed by atoms with van der Waals surface area (Å²) in [6, 6.07) is 5.16. The summed E-state index contributed by atoms with van der Waals surface area (Å²) in [4.78, 5) is 12.0. The monoisotopic (exact) mass is 256 g/mol. The first-order valence-corrected chi connectivity index (χ1v) is 5.83. The summed E-state index contributed by atoms with van der Waals surface area (Å²) in [5.41, 5.74) is 1.46. The van der Waals surface area contributed by atoms with Crippen LogP contribution in [0.2, 0.25) is 0 Å². The van der Waals surface area contributed by atoms with E-state index in [9.17, 15) is 4.79 Å². The van der Waals surface area contributed by atoms with Gasteiger partial charge in [-0.25, -0.2) is 0 Å². The summed E-state index contributed by atoms with van der Waals surface area (Å²) in [5.74, 6) is 1.20. The molecule has 1 aliphatic heterocycles. The van der Waals surface area contributed by atoms with E-state index in [4.69, 9.17) is 9.47 Å². The molecule has 0 unspecified atom stereocenters. The Hall–Kier alpha value is -2.56. The minimum Gasteiger partial charge on any atom is -0.454 e. The molecule has 0 fully saturated rings. The molecule has 5 nitrogen and oxygen atoms in total. The number of aromatic nitrogens is 2. The van der Waals surface area contributed by atoms with Crippen LogP contribution in [0.5, 0.6) is 11.5 Å². The summed E-state index contributed by atoms with van der Waals surface area (Å²) in [7, 11) is 1.83. The SMILES string of the molecule is Cn1cc(/C=C/C(=O)c2ccc3c(c2)OCO3)cn1. The summed E-state index contributed by atoms with van der Waals surface area (Å²) in [5, 5.41) is 4.03. The molecule has 0 amide bonds. The van der Waals surface area contributed by atoms with Crippen LogP contribution in [0.25, 0.3) is 6.08 Å². The average molecular weight is 256 g/mol. The van der Waals surface area contributed by atoms with Gasteiger partial charge in [-0.15, -0.1) is 0 Å². The topological polar surface area (TPSA) is 53.4 Å². The molecule has 5 heteroatoms. The molecule has 0 spiro atoms. The van der Waals surface area contributed by atoms with Gasteiger partial charge in [0.15, 0.2) is 17.3 Å². The fraction of sp³-hybridized carbons (Fsp3) is 0.143. The Balaban J connectivity index is 1.79. The van der Waals surface area contributed by atoms with Crippen LogP contribution in [0.15, 0.2) is 36.7 Å². The highest BCUT2D eigenvalue weighted by Gasteiger charge is 2.14. The number of carbonyl (C=O) groups is 1. The molecule has 0 saturated carbocycles. The number of carbonyl (C=O) groups excluding carboxylic acids is 1. The number of ether oxygens (including phenoxy) is 2. The zero-order valence-electron chi connectivity index (χ0n) is 10.4. The van der Waals surface area contributed by atoms with Crippen molar-refractivity contribution >= 4 is 11.9 Å². The molecule has 3 rings (SSSR count). The Morgan fingerprint density at radius 3 is 3.00 bits per heavy atom. The number of rotatable bonds is 3. The highest BCUT2D eigenvalue weighted by Crippen LogP contribution is 2.32. The first-order chi connectivity index (χ1) is 9.22. The smallest absolute Gasteiger partial charge is 0.231 e. The van der Waals surface area contributed by atoms with Crippen LogP contribution in [0, 0.1) is 0 Å². The van der Waals surface area contributed by atoms with Gasteiger partial charge in [-0.3, -0.25) is 9.48 Å². The third-order valence-corrected chi connectivity index (χ3v) is 2.81. The van der Waals surface area contributed by atoms with E-state index >= 15 is 0 Å². The number of hydrogen-bond acceptors (Lipinski definition) is 4. The van der Waals surface area contributed by atoms with Gasteiger partial charge in [0.2, 0.25) is 6.79 Å². The second kappa shape index (κ2) is 4.61. The fourth-order valence-corrected chi connectivity index (χ4v) is 1.84. The summed E-state index contributed by atoms with van der Waals surface area (Å²) < 4.78 is 12.1. The molecule has 0 bridgehead atoms. The Labute approximate surface area is 110 Å². The number of hydrogen-bond donors (Lipinski definition) is 0. The lowest BCUT2D eigenvalue weighted by atomic mass is 10.1. The molecule has 0 N–H and O–H groups in total. The molecule has 1 aliphatic rings. The number of aryl methyl sites for hydroxylation is 1. The van der Waals surface area contributed by atoms with Gasteiger partial charge >= 0.3 is 0 Å². The lowest BCUT2D eigenvalue weighted by Gasteiger charge is -1.98. The average Bonchev–Trinajstić information content (AvgIpc) is 3.03. The second-order valence-corrected chi connectivity index (χ2v) is 4.21. The van der Waals surface area contributed by atoms with Gasteiger partial charge in [0.05, 0.1) is 6.20 Å². The van der Waals surface area contributed by atoms with Crippen molar-refractivity contribution in [1.29, 1.82) is 0 Å². The highest BCUT2D eigenvalue weighted by atomic mass is 16.7. The van der Waals surface area contributed by atoms with Gasteiger partial charge in [-0.1, -0.05) is 0 Å². The predicted molar refractivity (Wildman–Crippen MR) is 69.1 cm³/mol. The van der Waals surface area contributed by atoms with Gasteiger partial charge in [0, 0.05) is 24.4 Å². The number of benzene rings is 1. The van der Waals surface area contributed by atoms with Crippen LogP contribution in [0.3, 0.4) is 0 Å². The largest absolute Gasteiger partial charge is 0.454 e. The highest BCUT2D eigenvalue weighted by molar-refractivity contribution is 6.07. The van der Waals surface area contributed by atoms with Crippen molar-refractivity contribution in [3.8, 4) is 11.5 Å². The van der Waals surface area contributed by atoms with Crippen LogP contribution < -0.4 is 9.47 Å². The van der Waals surface area contributed by atoms with Crippen LogP contribution in [-0.4, -0.2) is 22.4 Å². The quantitative estimate of drug-likeness (QED) is 0.623. The Morgan fingerprint density at radius 2 is 2.21 bits per heavy atom. The van der Waals surface area contributed by atoms with Crippen LogP contribution in [0.4, 0.5) is 0 Å². The molecule has 96 valence electrons. The van der Waals surface area contributed by atoms with Gasteiger partial charge in [-0.05, 0) is 30.4 Å². The zero-order valence-corrected chi connectivity index (χ0v) is 10.4. The van der Waals surface area contributed by atoms with Crippen molar-refractivity contribution in [3.05, 3.63) is 47.8 Å². The Kier molecular flexibility index (Phi) is 2.79. The van der Waals surface area contributed by atoms with E-state index in [-0.39, 0.29) is 12.6 Å². The predicted octanol–water partition coefficient (Wildman–Crippen LogP) is 2.04. The molecular formula is C14H12N2O3. The minimum atomic E-state index is -0.0813. The summed E-state index contributed by atoms with van der Waals surface area (Å²) >= 11 is 0. The van der Waals surface area contributed by atoms with E-state index in [0.29, 0.717) is 17.1 Å². The van der Waals surface area contributed by atoms with Crippen molar-refractivity contribution in [2.45, 2.75) is 0 Å². The van der Waals surface area contributed by atoms with E-state index in [1.807, 2.05) is 13.2 Å². The molecule has 19 heavy (non-hydrogen) atoms. The lowest BCUT2D eigenvalue weighted by molar-refractivity contribution is 0.104. The molecule has 0 atom stereocenters. The number of allylic oxidation sites excluding steroid dienone is 1. The van der Waals surface area contributed by atoms with Crippen molar-refractivity contribution in [2.75, 3.05) is 6.79 Å². The molecule has 2 heterocycles. The van der Waals surface area contributed by atoms with E-state index in [1.54, 1.807) is 35.2 Å². The van der Waals surface area contributed by atoms with Gasteiger partial charge in [0.25, 0.3) is 0 Å².